The van der Waals surface area contributed by atoms with Gasteiger partial charge in [-0.1, -0.05) is 18.2 Å². The SMILES string of the molecule is O=c1c2c3c(sc2nc(SC(F)F)n1-c1ccccc1)CCC3. The van der Waals surface area contributed by atoms with Crippen LogP contribution in [0.2, 0.25) is 0 Å². The van der Waals surface area contributed by atoms with Gasteiger partial charge in [0.05, 0.1) is 11.1 Å². The quantitative estimate of drug-likeness (QED) is 0.523. The summed E-state index contributed by atoms with van der Waals surface area (Å²) in [5, 5.41) is 0.647. The molecule has 0 radical (unpaired) electrons. The van der Waals surface area contributed by atoms with Gasteiger partial charge in [0.25, 0.3) is 11.3 Å². The number of thiophene rings is 1. The van der Waals surface area contributed by atoms with Gasteiger partial charge in [-0.3, -0.25) is 9.36 Å². The van der Waals surface area contributed by atoms with E-state index in [0.717, 1.165) is 24.8 Å². The van der Waals surface area contributed by atoms with Crippen LogP contribution >= 0.6 is 23.1 Å². The summed E-state index contributed by atoms with van der Waals surface area (Å²) in [7, 11) is 0. The van der Waals surface area contributed by atoms with Crippen molar-refractivity contribution in [3.8, 4) is 5.69 Å². The van der Waals surface area contributed by atoms with Crippen LogP contribution in [0.3, 0.4) is 0 Å². The van der Waals surface area contributed by atoms with Gasteiger partial charge in [-0.05, 0) is 48.7 Å². The summed E-state index contributed by atoms with van der Waals surface area (Å²) in [4.78, 5) is 19.2. The summed E-state index contributed by atoms with van der Waals surface area (Å²) in [6.07, 6.45) is 2.84. The van der Waals surface area contributed by atoms with Crippen molar-refractivity contribution in [3.63, 3.8) is 0 Å². The number of nitrogens with zero attached hydrogens (tertiary/aromatic N) is 2. The minimum absolute atomic E-state index is 0.0450. The Morgan fingerprint density at radius 1 is 1.22 bits per heavy atom. The number of benzene rings is 1. The van der Waals surface area contributed by atoms with Crippen LogP contribution < -0.4 is 5.56 Å². The minimum Gasteiger partial charge on any atom is -0.268 e. The second-order valence-electron chi connectivity index (χ2n) is 5.29. The van der Waals surface area contributed by atoms with Crippen LogP contribution in [0.25, 0.3) is 15.9 Å². The molecule has 0 fully saturated rings. The van der Waals surface area contributed by atoms with Crippen molar-refractivity contribution in [2.24, 2.45) is 0 Å². The van der Waals surface area contributed by atoms with Crippen LogP contribution in [0.1, 0.15) is 16.9 Å². The van der Waals surface area contributed by atoms with Crippen LogP contribution in [-0.4, -0.2) is 15.3 Å². The summed E-state index contributed by atoms with van der Waals surface area (Å²) in [6.45, 7) is 0. The Morgan fingerprint density at radius 2 is 2.00 bits per heavy atom. The van der Waals surface area contributed by atoms with E-state index in [9.17, 15) is 13.6 Å². The number of alkyl halides is 2. The summed E-state index contributed by atoms with van der Waals surface area (Å²) in [6, 6.07) is 8.85. The Labute approximate surface area is 139 Å². The molecule has 3 aromatic rings. The Kier molecular flexibility index (Phi) is 3.69. The van der Waals surface area contributed by atoms with Crippen LogP contribution in [0.4, 0.5) is 8.78 Å². The average molecular weight is 350 g/mol. The summed E-state index contributed by atoms with van der Waals surface area (Å²) >= 11 is 1.78. The second-order valence-corrected chi connectivity index (χ2v) is 7.33. The number of rotatable bonds is 3. The molecular weight excluding hydrogens is 338 g/mol. The number of hydrogen-bond acceptors (Lipinski definition) is 4. The zero-order valence-electron chi connectivity index (χ0n) is 12.0. The number of hydrogen-bond donors (Lipinski definition) is 0. The standard InChI is InChI=1S/C16H12F2N2OS2/c17-15(18)23-16-19-13-12(10-7-4-8-11(10)22-13)14(21)20(16)9-5-2-1-3-6-9/h1-3,5-6,15H,4,7-8H2. The van der Waals surface area contributed by atoms with E-state index < -0.39 is 5.76 Å². The van der Waals surface area contributed by atoms with Crippen molar-refractivity contribution < 1.29 is 8.78 Å². The number of para-hydroxylation sites is 1. The Morgan fingerprint density at radius 3 is 2.74 bits per heavy atom. The largest absolute Gasteiger partial charge is 0.291 e. The third-order valence-electron chi connectivity index (χ3n) is 3.92. The first-order valence-corrected chi connectivity index (χ1v) is 8.92. The molecule has 0 amide bonds. The lowest BCUT2D eigenvalue weighted by molar-refractivity contribution is 0.251. The van der Waals surface area contributed by atoms with Gasteiger partial charge in [-0.15, -0.1) is 11.3 Å². The van der Waals surface area contributed by atoms with Crippen LogP contribution in [0, 0.1) is 0 Å². The van der Waals surface area contributed by atoms with Crippen molar-refractivity contribution >= 4 is 33.3 Å². The highest BCUT2D eigenvalue weighted by atomic mass is 32.2. The summed E-state index contributed by atoms with van der Waals surface area (Å²) in [5.74, 6) is -2.62. The molecular formula is C16H12F2N2OS2. The smallest absolute Gasteiger partial charge is 0.268 e. The van der Waals surface area contributed by atoms with E-state index in [-0.39, 0.29) is 10.7 Å². The number of thioether (sulfide) groups is 1. The van der Waals surface area contributed by atoms with Gasteiger partial charge in [0.2, 0.25) is 0 Å². The maximum atomic E-state index is 13.0. The van der Waals surface area contributed by atoms with Crippen molar-refractivity contribution in [2.45, 2.75) is 30.2 Å². The molecule has 23 heavy (non-hydrogen) atoms. The van der Waals surface area contributed by atoms with Gasteiger partial charge < -0.3 is 0 Å². The predicted octanol–water partition coefficient (Wildman–Crippen LogP) is 4.25. The fraction of sp³-hybridized carbons (Fsp3) is 0.250. The van der Waals surface area contributed by atoms with Crippen molar-refractivity contribution in [1.82, 2.24) is 9.55 Å². The normalized spacial score (nSPS) is 13.9. The van der Waals surface area contributed by atoms with E-state index in [1.807, 2.05) is 6.07 Å². The highest BCUT2D eigenvalue weighted by molar-refractivity contribution is 7.99. The first kappa shape index (κ1) is 14.8. The molecule has 1 aliphatic carbocycles. The molecule has 3 nitrogen and oxygen atoms in total. The molecule has 4 rings (SSSR count). The zero-order chi connectivity index (χ0) is 16.0. The lowest BCUT2D eigenvalue weighted by Gasteiger charge is -2.11. The van der Waals surface area contributed by atoms with Crippen LogP contribution in [0.15, 0.2) is 40.3 Å². The molecule has 2 aromatic heterocycles. The average Bonchev–Trinajstić information content (AvgIpc) is 3.08. The Bertz CT molecular complexity index is 935. The number of aryl methyl sites for hydroxylation is 2. The van der Waals surface area contributed by atoms with E-state index in [0.29, 0.717) is 27.7 Å². The van der Waals surface area contributed by atoms with Gasteiger partial charge >= 0.3 is 0 Å². The van der Waals surface area contributed by atoms with Gasteiger partial charge in [-0.2, -0.15) is 8.78 Å². The van der Waals surface area contributed by atoms with Crippen LogP contribution in [-0.2, 0) is 12.8 Å². The monoisotopic (exact) mass is 350 g/mol. The van der Waals surface area contributed by atoms with E-state index >= 15 is 0 Å². The maximum absolute atomic E-state index is 13.0. The van der Waals surface area contributed by atoms with Gasteiger partial charge in [-0.25, -0.2) is 4.98 Å². The van der Waals surface area contributed by atoms with E-state index in [1.165, 1.54) is 20.8 Å². The molecule has 2 heterocycles. The van der Waals surface area contributed by atoms with Gasteiger partial charge in [0.15, 0.2) is 5.16 Å². The fourth-order valence-electron chi connectivity index (χ4n) is 2.99. The lowest BCUT2D eigenvalue weighted by atomic mass is 10.2. The summed E-state index contributed by atoms with van der Waals surface area (Å²) < 4.78 is 27.2. The van der Waals surface area contributed by atoms with Gasteiger partial charge in [0, 0.05) is 4.88 Å². The third-order valence-corrected chi connectivity index (χ3v) is 5.77. The molecule has 1 aliphatic rings. The van der Waals surface area contributed by atoms with Crippen molar-refractivity contribution in [3.05, 3.63) is 51.1 Å². The van der Waals surface area contributed by atoms with E-state index in [2.05, 4.69) is 4.98 Å². The molecule has 0 bridgehead atoms. The van der Waals surface area contributed by atoms with Crippen molar-refractivity contribution in [2.75, 3.05) is 0 Å². The molecule has 0 atom stereocenters. The molecule has 118 valence electrons. The molecule has 0 N–H and O–H groups in total. The molecule has 0 aliphatic heterocycles. The lowest BCUT2D eigenvalue weighted by Crippen LogP contribution is -2.22. The molecule has 7 heteroatoms. The third kappa shape index (κ3) is 2.48. The zero-order valence-corrected chi connectivity index (χ0v) is 13.6. The minimum atomic E-state index is -2.62. The highest BCUT2D eigenvalue weighted by Gasteiger charge is 2.24. The van der Waals surface area contributed by atoms with E-state index in [1.54, 1.807) is 24.3 Å². The first-order chi connectivity index (χ1) is 11.1. The topological polar surface area (TPSA) is 34.9 Å². The van der Waals surface area contributed by atoms with Crippen molar-refractivity contribution in [1.29, 1.82) is 0 Å². The Hall–Kier alpha value is -1.73. The number of aromatic nitrogens is 2. The highest BCUT2D eigenvalue weighted by Crippen LogP contribution is 2.36. The number of halogens is 2. The molecule has 0 saturated carbocycles. The molecule has 0 saturated heterocycles. The Balaban J connectivity index is 2.05. The molecule has 0 spiro atoms. The molecule has 0 unspecified atom stereocenters. The summed E-state index contributed by atoms with van der Waals surface area (Å²) in [5.41, 5.74) is 1.37. The fourth-order valence-corrected chi connectivity index (χ4v) is 4.89. The predicted molar refractivity (Wildman–Crippen MR) is 89.1 cm³/mol. The van der Waals surface area contributed by atoms with Gasteiger partial charge in [0.1, 0.15) is 4.83 Å². The second kappa shape index (κ2) is 5.72. The number of fused-ring (bicyclic) bond motifs is 3. The molecule has 1 aromatic carbocycles. The van der Waals surface area contributed by atoms with E-state index in [4.69, 9.17) is 0 Å². The first-order valence-electron chi connectivity index (χ1n) is 7.22. The van der Waals surface area contributed by atoms with Crippen LogP contribution in [0.5, 0.6) is 0 Å². The maximum Gasteiger partial charge on any atom is 0.291 e.